The maximum atomic E-state index is 8.96. The first-order valence-electron chi connectivity index (χ1n) is 6.33. The van der Waals surface area contributed by atoms with Crippen LogP contribution in [0.3, 0.4) is 0 Å². The van der Waals surface area contributed by atoms with E-state index in [0.717, 1.165) is 28.1 Å². The van der Waals surface area contributed by atoms with Crippen molar-refractivity contribution in [3.05, 3.63) is 24.4 Å². The highest BCUT2D eigenvalue weighted by Gasteiger charge is 2.16. The van der Waals surface area contributed by atoms with Crippen molar-refractivity contribution in [2.45, 2.75) is 19.4 Å². The van der Waals surface area contributed by atoms with E-state index in [0.29, 0.717) is 6.42 Å². The van der Waals surface area contributed by atoms with Gasteiger partial charge in [0.05, 0.1) is 0 Å². The van der Waals surface area contributed by atoms with Gasteiger partial charge >= 0.3 is 0 Å². The Morgan fingerprint density at radius 1 is 1.37 bits per heavy atom. The van der Waals surface area contributed by atoms with E-state index in [4.69, 9.17) is 14.6 Å². The summed E-state index contributed by atoms with van der Waals surface area (Å²) in [6, 6.07) is 6.01. The summed E-state index contributed by atoms with van der Waals surface area (Å²) in [5, 5.41) is 14.3. The fourth-order valence-corrected chi connectivity index (χ4v) is 2.18. The SMILES string of the molecule is CC(CCO)Nc1nccc2cc3c(cc12)OCO3. The Hall–Kier alpha value is -2.01. The third kappa shape index (κ3) is 2.29. The molecule has 0 radical (unpaired) electrons. The summed E-state index contributed by atoms with van der Waals surface area (Å²) in [6.07, 6.45) is 2.45. The Kier molecular flexibility index (Phi) is 3.13. The largest absolute Gasteiger partial charge is 0.454 e. The van der Waals surface area contributed by atoms with Gasteiger partial charge in [0, 0.05) is 24.2 Å². The molecular weight excluding hydrogens is 244 g/mol. The molecule has 2 aromatic rings. The molecule has 0 spiro atoms. The molecule has 3 rings (SSSR count). The average molecular weight is 260 g/mol. The molecule has 0 amide bonds. The molecule has 0 bridgehead atoms. The monoisotopic (exact) mass is 260 g/mol. The first-order valence-corrected chi connectivity index (χ1v) is 6.33. The number of benzene rings is 1. The third-order valence-corrected chi connectivity index (χ3v) is 3.20. The Bertz CT molecular complexity index is 601. The molecule has 0 saturated carbocycles. The minimum absolute atomic E-state index is 0.158. The fourth-order valence-electron chi connectivity index (χ4n) is 2.18. The molecule has 1 aromatic heterocycles. The van der Waals surface area contributed by atoms with Crippen molar-refractivity contribution in [2.75, 3.05) is 18.7 Å². The maximum Gasteiger partial charge on any atom is 0.231 e. The van der Waals surface area contributed by atoms with Crippen molar-refractivity contribution >= 4 is 16.6 Å². The number of nitrogens with zero attached hydrogens (tertiary/aromatic N) is 1. The van der Waals surface area contributed by atoms with Gasteiger partial charge in [0.15, 0.2) is 11.5 Å². The number of nitrogens with one attached hydrogen (secondary N) is 1. The van der Waals surface area contributed by atoms with E-state index in [9.17, 15) is 0 Å². The number of aliphatic hydroxyl groups excluding tert-OH is 1. The van der Waals surface area contributed by atoms with E-state index in [1.165, 1.54) is 0 Å². The number of fused-ring (bicyclic) bond motifs is 2. The van der Waals surface area contributed by atoms with Crippen LogP contribution in [0.25, 0.3) is 10.8 Å². The van der Waals surface area contributed by atoms with Crippen molar-refractivity contribution in [3.8, 4) is 11.5 Å². The zero-order valence-corrected chi connectivity index (χ0v) is 10.7. The van der Waals surface area contributed by atoms with Gasteiger partial charge in [-0.1, -0.05) is 0 Å². The fraction of sp³-hybridized carbons (Fsp3) is 0.357. The summed E-state index contributed by atoms with van der Waals surface area (Å²) in [7, 11) is 0. The third-order valence-electron chi connectivity index (χ3n) is 3.20. The van der Waals surface area contributed by atoms with Crippen LogP contribution < -0.4 is 14.8 Å². The van der Waals surface area contributed by atoms with Crippen molar-refractivity contribution in [3.63, 3.8) is 0 Å². The molecule has 0 aliphatic carbocycles. The number of rotatable bonds is 4. The summed E-state index contributed by atoms with van der Waals surface area (Å²) in [5.41, 5.74) is 0. The van der Waals surface area contributed by atoms with E-state index in [1.807, 2.05) is 25.1 Å². The van der Waals surface area contributed by atoms with Gasteiger partial charge in [0.25, 0.3) is 0 Å². The van der Waals surface area contributed by atoms with Crippen LogP contribution in [0, 0.1) is 0 Å². The number of aromatic nitrogens is 1. The second-order valence-electron chi connectivity index (χ2n) is 4.64. The number of aliphatic hydroxyl groups is 1. The highest BCUT2D eigenvalue weighted by Crippen LogP contribution is 2.37. The summed E-state index contributed by atoms with van der Waals surface area (Å²) in [4.78, 5) is 4.37. The highest BCUT2D eigenvalue weighted by atomic mass is 16.7. The minimum Gasteiger partial charge on any atom is -0.454 e. The summed E-state index contributed by atoms with van der Waals surface area (Å²) in [6.45, 7) is 2.44. The van der Waals surface area contributed by atoms with E-state index in [-0.39, 0.29) is 19.4 Å². The predicted octanol–water partition coefficient (Wildman–Crippen LogP) is 2.15. The molecule has 1 aromatic carbocycles. The predicted molar refractivity (Wildman–Crippen MR) is 72.7 cm³/mol. The first-order chi connectivity index (χ1) is 9.28. The molecule has 1 aliphatic rings. The van der Waals surface area contributed by atoms with Gasteiger partial charge in [-0.3, -0.25) is 0 Å². The Morgan fingerprint density at radius 3 is 2.95 bits per heavy atom. The van der Waals surface area contributed by atoms with Crippen LogP contribution in [0.2, 0.25) is 0 Å². The highest BCUT2D eigenvalue weighted by molar-refractivity contribution is 5.94. The lowest BCUT2D eigenvalue weighted by molar-refractivity contribution is 0.174. The lowest BCUT2D eigenvalue weighted by Crippen LogP contribution is -2.17. The summed E-state index contributed by atoms with van der Waals surface area (Å²) >= 11 is 0. The average Bonchev–Trinajstić information content (AvgIpc) is 2.84. The summed E-state index contributed by atoms with van der Waals surface area (Å²) < 4.78 is 10.8. The normalized spacial score (nSPS) is 14.6. The summed E-state index contributed by atoms with van der Waals surface area (Å²) in [5.74, 6) is 2.32. The van der Waals surface area contributed by atoms with Crippen LogP contribution in [-0.4, -0.2) is 29.5 Å². The van der Waals surface area contributed by atoms with Gasteiger partial charge in [-0.05, 0) is 36.9 Å². The molecular formula is C14H16N2O3. The second-order valence-corrected chi connectivity index (χ2v) is 4.64. The molecule has 1 unspecified atom stereocenters. The quantitative estimate of drug-likeness (QED) is 0.881. The molecule has 100 valence electrons. The van der Waals surface area contributed by atoms with Crippen LogP contribution in [0.5, 0.6) is 11.5 Å². The molecule has 19 heavy (non-hydrogen) atoms. The van der Waals surface area contributed by atoms with Crippen LogP contribution in [0.15, 0.2) is 24.4 Å². The van der Waals surface area contributed by atoms with Gasteiger partial charge in [-0.25, -0.2) is 4.98 Å². The van der Waals surface area contributed by atoms with Crippen molar-refractivity contribution in [1.82, 2.24) is 4.98 Å². The zero-order valence-electron chi connectivity index (χ0n) is 10.7. The Balaban J connectivity index is 2.00. The van der Waals surface area contributed by atoms with Gasteiger partial charge < -0.3 is 19.9 Å². The zero-order chi connectivity index (χ0) is 13.2. The van der Waals surface area contributed by atoms with Crippen molar-refractivity contribution < 1.29 is 14.6 Å². The van der Waals surface area contributed by atoms with E-state index < -0.39 is 0 Å². The van der Waals surface area contributed by atoms with E-state index >= 15 is 0 Å². The van der Waals surface area contributed by atoms with Gasteiger partial charge in [0.1, 0.15) is 5.82 Å². The standard InChI is InChI=1S/C14H16N2O3/c1-9(3-5-17)16-14-11-7-13-12(18-8-19-13)6-10(11)2-4-15-14/h2,4,6-7,9,17H,3,5,8H2,1H3,(H,15,16). The second kappa shape index (κ2) is 4.93. The van der Waals surface area contributed by atoms with Gasteiger partial charge in [-0.15, -0.1) is 0 Å². The van der Waals surface area contributed by atoms with E-state index in [1.54, 1.807) is 6.20 Å². The maximum absolute atomic E-state index is 8.96. The molecule has 5 heteroatoms. The smallest absolute Gasteiger partial charge is 0.231 e. The molecule has 2 N–H and O–H groups in total. The van der Waals surface area contributed by atoms with Crippen LogP contribution in [0.1, 0.15) is 13.3 Å². The number of pyridine rings is 1. The topological polar surface area (TPSA) is 63.6 Å². The molecule has 0 saturated heterocycles. The van der Waals surface area contributed by atoms with Crippen molar-refractivity contribution in [1.29, 1.82) is 0 Å². The molecule has 0 fully saturated rings. The number of hydrogen-bond acceptors (Lipinski definition) is 5. The lowest BCUT2D eigenvalue weighted by atomic mass is 10.1. The minimum atomic E-state index is 0.158. The molecule has 5 nitrogen and oxygen atoms in total. The lowest BCUT2D eigenvalue weighted by Gasteiger charge is -2.15. The first kappa shape index (κ1) is 12.0. The number of anilines is 1. The van der Waals surface area contributed by atoms with Gasteiger partial charge in [-0.2, -0.15) is 0 Å². The number of hydrogen-bond donors (Lipinski definition) is 2. The van der Waals surface area contributed by atoms with Gasteiger partial charge in [0.2, 0.25) is 6.79 Å². The van der Waals surface area contributed by atoms with E-state index in [2.05, 4.69) is 10.3 Å². The molecule has 1 atom stereocenters. The number of ether oxygens (including phenoxy) is 2. The molecule has 1 aliphatic heterocycles. The van der Waals surface area contributed by atoms with Crippen LogP contribution in [-0.2, 0) is 0 Å². The Labute approximate surface area is 111 Å². The molecule has 2 heterocycles. The van der Waals surface area contributed by atoms with Crippen molar-refractivity contribution in [2.24, 2.45) is 0 Å². The van der Waals surface area contributed by atoms with Crippen LogP contribution in [0.4, 0.5) is 5.82 Å². The Morgan fingerprint density at radius 2 is 2.16 bits per heavy atom. The van der Waals surface area contributed by atoms with Crippen LogP contribution >= 0.6 is 0 Å².